The molecule has 2 amide bonds. The number of hydrogen-bond acceptors (Lipinski definition) is 5. The summed E-state index contributed by atoms with van der Waals surface area (Å²) in [5.74, 6) is 0.667. The van der Waals surface area contributed by atoms with E-state index in [2.05, 4.69) is 15.8 Å². The molecular weight excluding hydrogens is 358 g/mol. The van der Waals surface area contributed by atoms with E-state index in [4.69, 9.17) is 9.47 Å². The van der Waals surface area contributed by atoms with Crippen molar-refractivity contribution < 1.29 is 19.1 Å². The van der Waals surface area contributed by atoms with Crippen molar-refractivity contribution in [3.63, 3.8) is 0 Å². The van der Waals surface area contributed by atoms with Gasteiger partial charge in [0, 0.05) is 30.2 Å². The molecule has 2 N–H and O–H groups in total. The zero-order valence-corrected chi connectivity index (χ0v) is 16.5. The Bertz CT molecular complexity index is 878. The van der Waals surface area contributed by atoms with Crippen LogP contribution in [0.15, 0.2) is 41.5 Å². The molecule has 2 aromatic carbocycles. The second-order valence-electron chi connectivity index (χ2n) is 6.27. The number of carbonyl (C=O) groups is 2. The second-order valence-corrected chi connectivity index (χ2v) is 6.27. The lowest BCUT2D eigenvalue weighted by Crippen LogP contribution is -2.21. The van der Waals surface area contributed by atoms with Crippen molar-refractivity contribution >= 4 is 23.7 Å². The van der Waals surface area contributed by atoms with Crippen molar-refractivity contribution in [3.8, 4) is 11.5 Å². The zero-order chi connectivity index (χ0) is 20.5. The van der Waals surface area contributed by atoms with Gasteiger partial charge in [-0.1, -0.05) is 17.7 Å². The maximum absolute atomic E-state index is 12.0. The lowest BCUT2D eigenvalue weighted by atomic mass is 10.1. The third-order valence-corrected chi connectivity index (χ3v) is 4.07. The second kappa shape index (κ2) is 10.1. The first-order valence-corrected chi connectivity index (χ1v) is 8.84. The van der Waals surface area contributed by atoms with Crippen LogP contribution in [0, 0.1) is 13.8 Å². The van der Waals surface area contributed by atoms with Crippen LogP contribution in [0.25, 0.3) is 0 Å². The summed E-state index contributed by atoms with van der Waals surface area (Å²) in [5, 5.41) is 6.73. The van der Waals surface area contributed by atoms with Crippen molar-refractivity contribution in [2.75, 3.05) is 19.5 Å². The van der Waals surface area contributed by atoms with Crippen LogP contribution in [0.2, 0.25) is 0 Å². The summed E-state index contributed by atoms with van der Waals surface area (Å²) in [6.07, 6.45) is 1.58. The number of nitrogens with one attached hydrogen (secondary N) is 2. The van der Waals surface area contributed by atoms with Gasteiger partial charge >= 0.3 is 0 Å². The smallest absolute Gasteiger partial charge is 0.240 e. The predicted molar refractivity (Wildman–Crippen MR) is 109 cm³/mol. The molecule has 0 aliphatic heterocycles. The van der Waals surface area contributed by atoms with E-state index in [0.29, 0.717) is 17.1 Å². The van der Waals surface area contributed by atoms with Gasteiger partial charge in [-0.15, -0.1) is 0 Å². The lowest BCUT2D eigenvalue weighted by Gasteiger charge is -2.09. The fraction of sp³-hybridized carbons (Fsp3) is 0.286. The summed E-state index contributed by atoms with van der Waals surface area (Å²) in [5.41, 5.74) is 5.96. The Morgan fingerprint density at radius 1 is 1.00 bits per heavy atom. The highest BCUT2D eigenvalue weighted by molar-refractivity contribution is 5.94. The first-order valence-electron chi connectivity index (χ1n) is 8.84. The van der Waals surface area contributed by atoms with Crippen LogP contribution in [0.4, 0.5) is 5.69 Å². The Hall–Kier alpha value is -3.35. The lowest BCUT2D eigenvalue weighted by molar-refractivity contribution is -0.124. The SMILES string of the molecule is COc1ccc(C=NNC(=O)CCC(=O)Nc2ccc(C)cc2C)c(OC)c1. The molecule has 0 saturated heterocycles. The fourth-order valence-electron chi connectivity index (χ4n) is 2.55. The summed E-state index contributed by atoms with van der Waals surface area (Å²) in [6.45, 7) is 3.92. The normalized spacial score (nSPS) is 10.6. The molecular formula is C21H25N3O4. The molecule has 0 atom stereocenters. The Balaban J connectivity index is 1.82. The van der Waals surface area contributed by atoms with Gasteiger partial charge in [0.2, 0.25) is 11.8 Å². The summed E-state index contributed by atoms with van der Waals surface area (Å²) in [7, 11) is 3.11. The van der Waals surface area contributed by atoms with E-state index in [1.807, 2.05) is 32.0 Å². The molecule has 0 fully saturated rings. The van der Waals surface area contributed by atoms with E-state index >= 15 is 0 Å². The molecule has 2 aromatic rings. The number of anilines is 1. The summed E-state index contributed by atoms with van der Waals surface area (Å²) < 4.78 is 10.4. The molecule has 0 aromatic heterocycles. The third kappa shape index (κ3) is 6.12. The number of amides is 2. The quantitative estimate of drug-likeness (QED) is 0.541. The van der Waals surface area contributed by atoms with E-state index in [-0.39, 0.29) is 24.7 Å². The molecule has 28 heavy (non-hydrogen) atoms. The van der Waals surface area contributed by atoms with Gasteiger partial charge in [0.05, 0.1) is 20.4 Å². The molecule has 0 spiro atoms. The molecule has 0 aliphatic carbocycles. The Labute approximate surface area is 164 Å². The van der Waals surface area contributed by atoms with Crippen molar-refractivity contribution in [1.29, 1.82) is 0 Å². The van der Waals surface area contributed by atoms with Gasteiger partial charge < -0.3 is 14.8 Å². The third-order valence-electron chi connectivity index (χ3n) is 4.07. The molecule has 0 radical (unpaired) electrons. The Morgan fingerprint density at radius 2 is 1.75 bits per heavy atom. The van der Waals surface area contributed by atoms with Crippen molar-refractivity contribution in [2.24, 2.45) is 5.10 Å². The molecule has 0 aliphatic rings. The van der Waals surface area contributed by atoms with Crippen LogP contribution in [0.3, 0.4) is 0 Å². The largest absolute Gasteiger partial charge is 0.497 e. The average molecular weight is 383 g/mol. The van der Waals surface area contributed by atoms with Crippen LogP contribution in [0.1, 0.15) is 29.5 Å². The highest BCUT2D eigenvalue weighted by Crippen LogP contribution is 2.23. The number of nitrogens with zero attached hydrogens (tertiary/aromatic N) is 1. The van der Waals surface area contributed by atoms with Crippen LogP contribution >= 0.6 is 0 Å². The number of aryl methyl sites for hydroxylation is 2. The average Bonchev–Trinajstić information content (AvgIpc) is 2.68. The van der Waals surface area contributed by atoms with Gasteiger partial charge in [0.15, 0.2) is 0 Å². The van der Waals surface area contributed by atoms with E-state index in [1.54, 1.807) is 32.4 Å². The van der Waals surface area contributed by atoms with Crippen molar-refractivity contribution in [1.82, 2.24) is 5.43 Å². The summed E-state index contributed by atoms with van der Waals surface area (Å²) in [4.78, 5) is 23.9. The Morgan fingerprint density at radius 3 is 2.43 bits per heavy atom. The van der Waals surface area contributed by atoms with Crippen molar-refractivity contribution in [3.05, 3.63) is 53.1 Å². The summed E-state index contributed by atoms with van der Waals surface area (Å²) >= 11 is 0. The molecule has 7 heteroatoms. The number of ether oxygens (including phenoxy) is 2. The van der Waals surface area contributed by atoms with Crippen LogP contribution in [-0.4, -0.2) is 32.2 Å². The van der Waals surface area contributed by atoms with Crippen LogP contribution < -0.4 is 20.2 Å². The molecule has 7 nitrogen and oxygen atoms in total. The van der Waals surface area contributed by atoms with E-state index in [1.165, 1.54) is 6.21 Å². The number of carbonyl (C=O) groups excluding carboxylic acids is 2. The first kappa shape index (κ1) is 21.0. The number of rotatable bonds is 8. The monoisotopic (exact) mass is 383 g/mol. The number of methoxy groups -OCH3 is 2. The fourth-order valence-corrected chi connectivity index (χ4v) is 2.55. The van der Waals surface area contributed by atoms with E-state index in [9.17, 15) is 9.59 Å². The standard InChI is InChI=1S/C21H25N3O4/c1-14-5-8-18(15(2)11-14)23-20(25)9-10-21(26)24-22-13-16-6-7-17(27-3)12-19(16)28-4/h5-8,11-13H,9-10H2,1-4H3,(H,23,25)(H,24,26). The van der Waals surface area contributed by atoms with Crippen molar-refractivity contribution in [2.45, 2.75) is 26.7 Å². The first-order chi connectivity index (χ1) is 13.4. The molecule has 0 heterocycles. The maximum Gasteiger partial charge on any atom is 0.240 e. The van der Waals surface area contributed by atoms with Crippen LogP contribution in [-0.2, 0) is 9.59 Å². The summed E-state index contributed by atoms with van der Waals surface area (Å²) in [6, 6.07) is 11.0. The van der Waals surface area contributed by atoms with Crippen LogP contribution in [0.5, 0.6) is 11.5 Å². The van der Waals surface area contributed by atoms with E-state index in [0.717, 1.165) is 16.8 Å². The zero-order valence-electron chi connectivity index (χ0n) is 16.5. The van der Waals surface area contributed by atoms with Gasteiger partial charge in [-0.3, -0.25) is 9.59 Å². The maximum atomic E-state index is 12.0. The highest BCUT2D eigenvalue weighted by atomic mass is 16.5. The number of hydrogen-bond donors (Lipinski definition) is 2. The minimum atomic E-state index is -0.348. The van der Waals surface area contributed by atoms with Gasteiger partial charge in [0.25, 0.3) is 0 Å². The van der Waals surface area contributed by atoms with E-state index < -0.39 is 0 Å². The van der Waals surface area contributed by atoms with Gasteiger partial charge in [0.1, 0.15) is 11.5 Å². The van der Waals surface area contributed by atoms with Gasteiger partial charge in [-0.25, -0.2) is 5.43 Å². The molecule has 0 saturated carbocycles. The van der Waals surface area contributed by atoms with Gasteiger partial charge in [-0.2, -0.15) is 5.10 Å². The predicted octanol–water partition coefficient (Wildman–Crippen LogP) is 3.19. The molecule has 148 valence electrons. The topological polar surface area (TPSA) is 89.0 Å². The molecule has 0 unspecified atom stereocenters. The Kier molecular flexibility index (Phi) is 7.56. The number of hydrazone groups is 1. The molecule has 2 rings (SSSR count). The minimum Gasteiger partial charge on any atom is -0.497 e. The highest BCUT2D eigenvalue weighted by Gasteiger charge is 2.08. The molecule has 0 bridgehead atoms. The minimum absolute atomic E-state index is 0.0355. The van der Waals surface area contributed by atoms with Gasteiger partial charge in [-0.05, 0) is 37.6 Å². The number of benzene rings is 2.